The van der Waals surface area contributed by atoms with Gasteiger partial charge in [-0.2, -0.15) is 5.10 Å². The maximum atomic E-state index is 13.7. The van der Waals surface area contributed by atoms with Crippen molar-refractivity contribution in [3.05, 3.63) is 53.4 Å². The lowest BCUT2D eigenvalue weighted by Crippen LogP contribution is -2.12. The minimum atomic E-state index is -0.728. The van der Waals surface area contributed by atoms with Gasteiger partial charge in [-0.25, -0.2) is 8.78 Å². The molecule has 22 heavy (non-hydrogen) atoms. The topological polar surface area (TPSA) is 83.8 Å². The minimum Gasteiger partial charge on any atom is -0.361 e. The van der Waals surface area contributed by atoms with Crippen LogP contribution in [0, 0.1) is 18.6 Å². The van der Waals surface area contributed by atoms with Crippen molar-refractivity contribution in [2.24, 2.45) is 0 Å². The van der Waals surface area contributed by atoms with E-state index in [1.165, 1.54) is 18.2 Å². The fourth-order valence-corrected chi connectivity index (χ4v) is 1.92. The first-order valence-electron chi connectivity index (χ1n) is 6.29. The van der Waals surface area contributed by atoms with Gasteiger partial charge in [-0.15, -0.1) is 0 Å². The Kier molecular flexibility index (Phi) is 3.42. The number of H-pyrrole nitrogens is 1. The number of nitrogens with one attached hydrogen (secondary N) is 2. The molecule has 0 unspecified atom stereocenters. The summed E-state index contributed by atoms with van der Waals surface area (Å²) in [4.78, 5) is 11.9. The summed E-state index contributed by atoms with van der Waals surface area (Å²) in [5.41, 5.74) is -0.0471. The number of benzene rings is 1. The molecule has 2 heterocycles. The number of aromatic amines is 1. The summed E-state index contributed by atoms with van der Waals surface area (Å²) < 4.78 is 32.1. The molecule has 0 saturated heterocycles. The summed E-state index contributed by atoms with van der Waals surface area (Å²) in [5, 5.41) is 12.3. The molecule has 0 fully saturated rings. The third kappa shape index (κ3) is 2.58. The second-order valence-corrected chi connectivity index (χ2v) is 4.54. The molecule has 3 rings (SSSR count). The zero-order valence-electron chi connectivity index (χ0n) is 11.4. The van der Waals surface area contributed by atoms with Crippen LogP contribution in [0.15, 0.2) is 34.9 Å². The van der Waals surface area contributed by atoms with Crippen molar-refractivity contribution in [3.63, 3.8) is 0 Å². The molecule has 0 atom stereocenters. The molecule has 2 aromatic heterocycles. The number of hydrogen-bond donors (Lipinski definition) is 2. The molecule has 1 aromatic carbocycles. The van der Waals surface area contributed by atoms with E-state index in [0.29, 0.717) is 5.76 Å². The van der Waals surface area contributed by atoms with Gasteiger partial charge in [-0.1, -0.05) is 11.2 Å². The fourth-order valence-electron chi connectivity index (χ4n) is 1.92. The molecule has 112 valence electrons. The van der Waals surface area contributed by atoms with Gasteiger partial charge in [0.05, 0.1) is 11.3 Å². The smallest absolute Gasteiger partial charge is 0.279 e. The van der Waals surface area contributed by atoms with E-state index in [1.54, 1.807) is 6.92 Å². The Bertz CT molecular complexity index is 821. The van der Waals surface area contributed by atoms with Crippen LogP contribution in [-0.2, 0) is 0 Å². The van der Waals surface area contributed by atoms with Crippen LogP contribution in [0.5, 0.6) is 0 Å². The average Bonchev–Trinajstić information content (AvgIpc) is 3.08. The molecule has 6 nitrogen and oxygen atoms in total. The predicted molar refractivity (Wildman–Crippen MR) is 73.1 cm³/mol. The third-order valence-corrected chi connectivity index (χ3v) is 2.91. The van der Waals surface area contributed by atoms with E-state index in [4.69, 9.17) is 4.52 Å². The molecular formula is C14H10F2N4O2. The van der Waals surface area contributed by atoms with Crippen LogP contribution in [0.4, 0.5) is 14.6 Å². The normalized spacial score (nSPS) is 10.7. The van der Waals surface area contributed by atoms with Crippen molar-refractivity contribution < 1.29 is 18.1 Å². The Hall–Kier alpha value is -3.03. The summed E-state index contributed by atoms with van der Waals surface area (Å²) in [7, 11) is 0. The van der Waals surface area contributed by atoms with Gasteiger partial charge in [-0.05, 0) is 19.1 Å². The van der Waals surface area contributed by atoms with Gasteiger partial charge in [0.1, 0.15) is 17.4 Å². The number of aryl methyl sites for hydroxylation is 1. The third-order valence-electron chi connectivity index (χ3n) is 2.91. The molecule has 0 aliphatic heterocycles. The molecule has 8 heteroatoms. The van der Waals surface area contributed by atoms with E-state index in [1.807, 2.05) is 0 Å². The maximum Gasteiger partial charge on any atom is 0.279 e. The number of nitrogens with zero attached hydrogens (tertiary/aromatic N) is 2. The van der Waals surface area contributed by atoms with Gasteiger partial charge in [0, 0.05) is 12.1 Å². The zero-order valence-corrected chi connectivity index (χ0v) is 11.4. The van der Waals surface area contributed by atoms with Crippen LogP contribution < -0.4 is 5.32 Å². The van der Waals surface area contributed by atoms with Crippen molar-refractivity contribution in [1.29, 1.82) is 0 Å². The lowest BCUT2D eigenvalue weighted by Gasteiger charge is -2.00. The second-order valence-electron chi connectivity index (χ2n) is 4.54. The molecule has 0 aliphatic rings. The van der Waals surface area contributed by atoms with Crippen LogP contribution in [0.1, 0.15) is 16.2 Å². The molecular weight excluding hydrogens is 294 g/mol. The van der Waals surface area contributed by atoms with E-state index < -0.39 is 17.5 Å². The van der Waals surface area contributed by atoms with Crippen LogP contribution in [0.25, 0.3) is 11.3 Å². The van der Waals surface area contributed by atoms with Crippen LogP contribution in [0.2, 0.25) is 0 Å². The number of carbonyl (C=O) groups excluding carboxylic acids is 1. The summed E-state index contributed by atoms with van der Waals surface area (Å²) in [5.74, 6) is -1.39. The highest BCUT2D eigenvalue weighted by molar-refractivity contribution is 6.02. The first kappa shape index (κ1) is 13.9. The number of anilines is 1. The molecule has 0 spiro atoms. The van der Waals surface area contributed by atoms with Gasteiger partial charge >= 0.3 is 0 Å². The van der Waals surface area contributed by atoms with Crippen molar-refractivity contribution in [1.82, 2.24) is 15.4 Å². The molecule has 2 N–H and O–H groups in total. The van der Waals surface area contributed by atoms with E-state index in [9.17, 15) is 13.6 Å². The SMILES string of the molecule is Cc1cc(C(=O)Nc2cc(-c3c(F)cccc3F)[nH]n2)no1. The van der Waals surface area contributed by atoms with Gasteiger partial charge < -0.3 is 9.84 Å². The van der Waals surface area contributed by atoms with Crippen molar-refractivity contribution in [2.75, 3.05) is 5.32 Å². The predicted octanol–water partition coefficient (Wildman–Crippen LogP) is 2.90. The first-order valence-corrected chi connectivity index (χ1v) is 6.29. The van der Waals surface area contributed by atoms with Crippen LogP contribution in [-0.4, -0.2) is 21.3 Å². The lowest BCUT2D eigenvalue weighted by molar-refractivity contribution is 0.101. The zero-order chi connectivity index (χ0) is 15.7. The van der Waals surface area contributed by atoms with Gasteiger partial charge in [-0.3, -0.25) is 9.89 Å². The van der Waals surface area contributed by atoms with Gasteiger partial charge in [0.2, 0.25) is 0 Å². The number of carbonyl (C=O) groups is 1. The summed E-state index contributed by atoms with van der Waals surface area (Å²) in [6, 6.07) is 6.32. The second kappa shape index (κ2) is 5.40. The first-order chi connectivity index (χ1) is 10.5. The Labute approximate surface area is 123 Å². The summed E-state index contributed by atoms with van der Waals surface area (Å²) >= 11 is 0. The highest BCUT2D eigenvalue weighted by atomic mass is 19.1. The molecule has 0 bridgehead atoms. The van der Waals surface area contributed by atoms with Crippen LogP contribution >= 0.6 is 0 Å². The summed E-state index contributed by atoms with van der Waals surface area (Å²) in [6.45, 7) is 1.65. The minimum absolute atomic E-state index is 0.0825. The van der Waals surface area contributed by atoms with E-state index in [-0.39, 0.29) is 22.8 Å². The number of rotatable bonds is 3. The van der Waals surface area contributed by atoms with Gasteiger partial charge in [0.25, 0.3) is 5.91 Å². The quantitative estimate of drug-likeness (QED) is 0.779. The highest BCUT2D eigenvalue weighted by Gasteiger charge is 2.16. The van der Waals surface area contributed by atoms with E-state index in [0.717, 1.165) is 12.1 Å². The van der Waals surface area contributed by atoms with Crippen molar-refractivity contribution in [3.8, 4) is 11.3 Å². The Balaban J connectivity index is 1.84. The Morgan fingerprint density at radius 1 is 1.27 bits per heavy atom. The molecule has 0 radical (unpaired) electrons. The standard InChI is InChI=1S/C14H10F2N4O2/c1-7-5-11(20-22-7)14(21)17-12-6-10(18-19-12)13-8(15)3-2-4-9(13)16/h2-6H,1H3,(H2,17,18,19,21). The van der Waals surface area contributed by atoms with Crippen LogP contribution in [0.3, 0.4) is 0 Å². The van der Waals surface area contributed by atoms with E-state index >= 15 is 0 Å². The number of hydrogen-bond acceptors (Lipinski definition) is 4. The average molecular weight is 304 g/mol. The Morgan fingerprint density at radius 3 is 2.64 bits per heavy atom. The number of amides is 1. The Morgan fingerprint density at radius 2 is 2.00 bits per heavy atom. The lowest BCUT2D eigenvalue weighted by atomic mass is 10.1. The molecule has 1 amide bonds. The summed E-state index contributed by atoms with van der Waals surface area (Å²) in [6.07, 6.45) is 0. The fraction of sp³-hybridized carbons (Fsp3) is 0.0714. The largest absolute Gasteiger partial charge is 0.361 e. The van der Waals surface area contributed by atoms with Gasteiger partial charge in [0.15, 0.2) is 11.5 Å². The highest BCUT2D eigenvalue weighted by Crippen LogP contribution is 2.25. The molecule has 3 aromatic rings. The monoisotopic (exact) mass is 304 g/mol. The maximum absolute atomic E-state index is 13.7. The number of aromatic nitrogens is 3. The van der Waals surface area contributed by atoms with Crippen molar-refractivity contribution in [2.45, 2.75) is 6.92 Å². The van der Waals surface area contributed by atoms with Crippen molar-refractivity contribution >= 4 is 11.7 Å². The van der Waals surface area contributed by atoms with E-state index in [2.05, 4.69) is 20.7 Å². The molecule has 0 saturated carbocycles. The molecule has 0 aliphatic carbocycles. The number of halogens is 2.